The van der Waals surface area contributed by atoms with Crippen LogP contribution in [0.3, 0.4) is 0 Å². The summed E-state index contributed by atoms with van der Waals surface area (Å²) in [5, 5.41) is 2.89. The number of pyridine rings is 1. The van der Waals surface area contributed by atoms with E-state index in [1.807, 2.05) is 60.1 Å². The molecule has 152 valence electrons. The number of fused-ring (bicyclic) bond motifs is 1. The van der Waals surface area contributed by atoms with E-state index >= 15 is 0 Å². The second kappa shape index (κ2) is 10.3. The van der Waals surface area contributed by atoms with Gasteiger partial charge in [-0.25, -0.2) is 4.98 Å². The van der Waals surface area contributed by atoms with E-state index in [4.69, 9.17) is 9.47 Å². The van der Waals surface area contributed by atoms with E-state index < -0.39 is 0 Å². The first-order chi connectivity index (χ1) is 14.2. The van der Waals surface area contributed by atoms with E-state index in [0.717, 1.165) is 29.1 Å². The van der Waals surface area contributed by atoms with Crippen LogP contribution in [0.4, 0.5) is 0 Å². The first-order valence-electron chi connectivity index (χ1n) is 9.97. The van der Waals surface area contributed by atoms with Crippen LogP contribution in [0.1, 0.15) is 31.5 Å². The Kier molecular flexibility index (Phi) is 7.28. The Balaban J connectivity index is 1.53. The zero-order valence-corrected chi connectivity index (χ0v) is 16.9. The molecule has 3 rings (SSSR count). The van der Waals surface area contributed by atoms with E-state index in [2.05, 4.69) is 17.2 Å². The van der Waals surface area contributed by atoms with Crippen molar-refractivity contribution in [1.82, 2.24) is 14.7 Å². The van der Waals surface area contributed by atoms with Crippen molar-refractivity contribution in [2.75, 3.05) is 19.8 Å². The molecule has 0 radical (unpaired) electrons. The molecule has 0 atom stereocenters. The predicted molar refractivity (Wildman–Crippen MR) is 114 cm³/mol. The maximum absolute atomic E-state index is 12.1. The van der Waals surface area contributed by atoms with Crippen LogP contribution in [0.2, 0.25) is 0 Å². The molecule has 0 unspecified atom stereocenters. The summed E-state index contributed by atoms with van der Waals surface area (Å²) in [5.74, 6) is 1.27. The minimum absolute atomic E-state index is 0.141. The van der Waals surface area contributed by atoms with Gasteiger partial charge in [-0.2, -0.15) is 0 Å². The number of nitrogens with one attached hydrogen (secondary N) is 1. The van der Waals surface area contributed by atoms with Crippen LogP contribution in [0.5, 0.6) is 11.5 Å². The van der Waals surface area contributed by atoms with Crippen LogP contribution in [0.15, 0.2) is 54.9 Å². The fraction of sp³-hybridized carbons (Fsp3) is 0.304. The molecule has 1 N–H and O–H groups in total. The number of carbonyl (C=O) groups excluding carboxylic acids is 1. The van der Waals surface area contributed by atoms with Crippen molar-refractivity contribution in [3.05, 3.63) is 66.1 Å². The summed E-state index contributed by atoms with van der Waals surface area (Å²) in [6.45, 7) is 5.72. The third kappa shape index (κ3) is 5.85. The second-order valence-corrected chi connectivity index (χ2v) is 6.56. The molecule has 0 spiro atoms. The van der Waals surface area contributed by atoms with Gasteiger partial charge in [-0.05, 0) is 49.2 Å². The van der Waals surface area contributed by atoms with Gasteiger partial charge < -0.3 is 19.2 Å². The van der Waals surface area contributed by atoms with Crippen molar-refractivity contribution >= 4 is 17.6 Å². The number of ether oxygens (including phenoxy) is 2. The normalized spacial score (nSPS) is 11.1. The van der Waals surface area contributed by atoms with Crippen molar-refractivity contribution in [3.63, 3.8) is 0 Å². The van der Waals surface area contributed by atoms with E-state index in [1.165, 1.54) is 6.08 Å². The maximum Gasteiger partial charge on any atom is 0.244 e. The Hall–Kier alpha value is -3.28. The number of rotatable bonds is 10. The second-order valence-electron chi connectivity index (χ2n) is 6.56. The molecule has 0 bridgehead atoms. The number of hydrogen-bond acceptors (Lipinski definition) is 4. The molecule has 0 saturated heterocycles. The number of hydrogen-bond donors (Lipinski definition) is 1. The third-order valence-corrected chi connectivity index (χ3v) is 4.25. The molecule has 2 aromatic heterocycles. The molecule has 2 heterocycles. The van der Waals surface area contributed by atoms with E-state index in [1.54, 1.807) is 6.08 Å². The number of nitrogens with zero attached hydrogens (tertiary/aromatic N) is 2. The van der Waals surface area contributed by atoms with E-state index in [9.17, 15) is 4.79 Å². The van der Waals surface area contributed by atoms with Crippen LogP contribution in [0.25, 0.3) is 11.7 Å². The summed E-state index contributed by atoms with van der Waals surface area (Å²) in [5.41, 5.74) is 2.74. The van der Waals surface area contributed by atoms with Crippen molar-refractivity contribution < 1.29 is 14.3 Å². The molecule has 6 heteroatoms. The molecule has 29 heavy (non-hydrogen) atoms. The quantitative estimate of drug-likeness (QED) is 0.531. The Labute approximate surface area is 171 Å². The summed E-state index contributed by atoms with van der Waals surface area (Å²) >= 11 is 0. The van der Waals surface area contributed by atoms with E-state index in [-0.39, 0.29) is 5.91 Å². The minimum atomic E-state index is -0.141. The monoisotopic (exact) mass is 393 g/mol. The average Bonchev–Trinajstić information content (AvgIpc) is 3.14. The SMILES string of the molecule is CCCOc1ccc(/C=C/C(=O)NCCc2cn3ccccc3n2)cc1OCC. The number of aromatic nitrogens is 2. The number of imidazole rings is 1. The molecule has 0 aliphatic carbocycles. The first kappa shape index (κ1) is 20.5. The lowest BCUT2D eigenvalue weighted by Gasteiger charge is -2.12. The van der Waals surface area contributed by atoms with Crippen LogP contribution in [-0.2, 0) is 11.2 Å². The molecular formula is C23H27N3O3. The molecule has 6 nitrogen and oxygen atoms in total. The lowest BCUT2D eigenvalue weighted by atomic mass is 10.2. The van der Waals surface area contributed by atoms with Gasteiger partial charge in [0, 0.05) is 31.4 Å². The van der Waals surface area contributed by atoms with Crippen molar-refractivity contribution in [2.24, 2.45) is 0 Å². The largest absolute Gasteiger partial charge is 0.490 e. The van der Waals surface area contributed by atoms with Crippen LogP contribution < -0.4 is 14.8 Å². The van der Waals surface area contributed by atoms with Crippen LogP contribution in [0, 0.1) is 0 Å². The molecule has 1 aromatic carbocycles. The highest BCUT2D eigenvalue weighted by molar-refractivity contribution is 5.91. The summed E-state index contributed by atoms with van der Waals surface area (Å²) in [6.07, 6.45) is 8.85. The van der Waals surface area contributed by atoms with Crippen LogP contribution in [-0.4, -0.2) is 35.1 Å². The highest BCUT2D eigenvalue weighted by atomic mass is 16.5. The molecule has 0 aliphatic rings. The van der Waals surface area contributed by atoms with Gasteiger partial charge in [0.1, 0.15) is 5.65 Å². The lowest BCUT2D eigenvalue weighted by molar-refractivity contribution is -0.116. The third-order valence-electron chi connectivity index (χ3n) is 4.25. The predicted octanol–water partition coefficient (Wildman–Crippen LogP) is 3.89. The molecule has 1 amide bonds. The van der Waals surface area contributed by atoms with Crippen LogP contribution >= 0.6 is 0 Å². The standard InChI is InChI=1S/C23H27N3O3/c1-3-15-29-20-10-8-18(16-21(20)28-4-2)9-11-23(27)24-13-12-19-17-26-14-6-5-7-22(26)25-19/h5-11,14,16-17H,3-4,12-13,15H2,1-2H3,(H,24,27)/b11-9+. The summed E-state index contributed by atoms with van der Waals surface area (Å²) in [4.78, 5) is 16.6. The van der Waals surface area contributed by atoms with Gasteiger partial charge in [-0.3, -0.25) is 4.79 Å². The highest BCUT2D eigenvalue weighted by Crippen LogP contribution is 2.29. The number of carbonyl (C=O) groups is 1. The molecule has 0 saturated carbocycles. The van der Waals surface area contributed by atoms with E-state index in [0.29, 0.717) is 31.9 Å². The Morgan fingerprint density at radius 1 is 1.17 bits per heavy atom. The Morgan fingerprint density at radius 2 is 2.07 bits per heavy atom. The van der Waals surface area contributed by atoms with Gasteiger partial charge in [-0.1, -0.05) is 19.1 Å². The minimum Gasteiger partial charge on any atom is -0.490 e. The van der Waals surface area contributed by atoms with Crippen molar-refractivity contribution in [3.8, 4) is 11.5 Å². The molecule has 0 aliphatic heterocycles. The summed E-state index contributed by atoms with van der Waals surface area (Å²) in [7, 11) is 0. The van der Waals surface area contributed by atoms with Crippen molar-refractivity contribution in [2.45, 2.75) is 26.7 Å². The van der Waals surface area contributed by atoms with Crippen molar-refractivity contribution in [1.29, 1.82) is 0 Å². The smallest absolute Gasteiger partial charge is 0.244 e. The number of benzene rings is 1. The van der Waals surface area contributed by atoms with Gasteiger partial charge >= 0.3 is 0 Å². The molecular weight excluding hydrogens is 366 g/mol. The Morgan fingerprint density at radius 3 is 2.86 bits per heavy atom. The first-order valence-corrected chi connectivity index (χ1v) is 9.97. The zero-order valence-electron chi connectivity index (χ0n) is 16.9. The Bertz CT molecular complexity index is 945. The van der Waals surface area contributed by atoms with Gasteiger partial charge in [0.25, 0.3) is 0 Å². The number of amides is 1. The van der Waals surface area contributed by atoms with Gasteiger partial charge in [0.05, 0.1) is 18.9 Å². The maximum atomic E-state index is 12.1. The topological polar surface area (TPSA) is 64.9 Å². The summed E-state index contributed by atoms with van der Waals surface area (Å²) in [6, 6.07) is 11.5. The summed E-state index contributed by atoms with van der Waals surface area (Å²) < 4.78 is 13.3. The molecule has 0 fully saturated rings. The van der Waals surface area contributed by atoms with Gasteiger partial charge in [-0.15, -0.1) is 0 Å². The zero-order chi connectivity index (χ0) is 20.5. The average molecular weight is 393 g/mol. The fourth-order valence-corrected chi connectivity index (χ4v) is 2.88. The lowest BCUT2D eigenvalue weighted by Crippen LogP contribution is -2.23. The van der Waals surface area contributed by atoms with Gasteiger partial charge in [0.2, 0.25) is 5.91 Å². The highest BCUT2D eigenvalue weighted by Gasteiger charge is 2.06. The fourth-order valence-electron chi connectivity index (χ4n) is 2.88. The molecule has 3 aromatic rings. The van der Waals surface area contributed by atoms with Gasteiger partial charge in [0.15, 0.2) is 11.5 Å².